The van der Waals surface area contributed by atoms with Crippen LogP contribution in [0.25, 0.3) is 76.5 Å². The van der Waals surface area contributed by atoms with Gasteiger partial charge in [0.25, 0.3) is 0 Å². The molecule has 50 heavy (non-hydrogen) atoms. The van der Waals surface area contributed by atoms with Gasteiger partial charge in [-0.3, -0.25) is 0 Å². The highest BCUT2D eigenvalue weighted by Crippen LogP contribution is 2.45. The Morgan fingerprint density at radius 1 is 0.460 bits per heavy atom. The number of nitrogens with zero attached hydrogens (tertiary/aromatic N) is 1. The third kappa shape index (κ3) is 4.65. The standard InChI is InChI=1S/C48H31NO/c1-2-14-35-29-37(26-25-32(35)11-1)36-16-7-18-39(30-36)49(40-19-8-17-38(31-40)42-22-9-15-33-12-3-5-20-41(33)42)45-23-10-24-46-47(45)44-28-27-34-13-4-6-21-43(34)48(44)50-46/h1-31H/i8D,17D,19D,31D. The van der Waals surface area contributed by atoms with Gasteiger partial charge in [-0.25, -0.2) is 0 Å². The van der Waals surface area contributed by atoms with Gasteiger partial charge in [0.2, 0.25) is 0 Å². The first-order valence-electron chi connectivity index (χ1n) is 18.8. The molecule has 1 heterocycles. The van der Waals surface area contributed by atoms with E-state index in [9.17, 15) is 5.48 Å². The van der Waals surface area contributed by atoms with Crippen LogP contribution in [0, 0.1) is 0 Å². The molecule has 0 aliphatic carbocycles. The minimum Gasteiger partial charge on any atom is -0.455 e. The van der Waals surface area contributed by atoms with Gasteiger partial charge >= 0.3 is 0 Å². The zero-order chi connectivity index (χ0) is 36.5. The summed E-state index contributed by atoms with van der Waals surface area (Å²) in [7, 11) is 0. The molecule has 0 fully saturated rings. The minimum absolute atomic E-state index is 0.00344. The first kappa shape index (κ1) is 24.5. The summed E-state index contributed by atoms with van der Waals surface area (Å²) in [5.74, 6) is 0. The molecule has 0 unspecified atom stereocenters. The summed E-state index contributed by atoms with van der Waals surface area (Å²) in [5, 5.41) is 7.94. The first-order chi connectivity index (χ1) is 26.5. The molecule has 2 nitrogen and oxygen atoms in total. The molecule has 2 heteroatoms. The number of hydrogen-bond donors (Lipinski definition) is 0. The third-order valence-corrected chi connectivity index (χ3v) is 9.69. The summed E-state index contributed by atoms with van der Waals surface area (Å²) in [6.45, 7) is 0. The Morgan fingerprint density at radius 3 is 2.06 bits per heavy atom. The SMILES string of the molecule is [2H]c1c([2H])c(-c2cccc3ccccc23)c([2H])c(N(c2cccc(-c3ccc4ccccc4c3)c2)c2cccc3oc4c5ccccc5ccc4c23)c1[2H]. The molecule has 0 radical (unpaired) electrons. The van der Waals surface area contributed by atoms with E-state index in [1.54, 1.807) is 0 Å². The number of rotatable bonds is 5. The molecular weight excluding hydrogens is 607 g/mol. The summed E-state index contributed by atoms with van der Waals surface area (Å²) in [5.41, 5.74) is 6.07. The van der Waals surface area contributed by atoms with Crippen LogP contribution < -0.4 is 4.90 Å². The van der Waals surface area contributed by atoms with Crippen LogP contribution in [0.4, 0.5) is 17.1 Å². The first-order valence-corrected chi connectivity index (χ1v) is 16.8. The maximum Gasteiger partial charge on any atom is 0.143 e. The lowest BCUT2D eigenvalue weighted by atomic mass is 9.97. The van der Waals surface area contributed by atoms with E-state index in [0.717, 1.165) is 59.8 Å². The highest BCUT2D eigenvalue weighted by Gasteiger charge is 2.21. The summed E-state index contributed by atoms with van der Waals surface area (Å²) in [6.07, 6.45) is 0. The van der Waals surface area contributed by atoms with Crippen molar-refractivity contribution in [3.8, 4) is 22.3 Å². The van der Waals surface area contributed by atoms with Gasteiger partial charge in [0.1, 0.15) is 11.2 Å². The lowest BCUT2D eigenvalue weighted by Gasteiger charge is -2.27. The van der Waals surface area contributed by atoms with E-state index in [1.807, 2.05) is 102 Å². The number of furan rings is 1. The van der Waals surface area contributed by atoms with Gasteiger partial charge < -0.3 is 9.32 Å². The lowest BCUT2D eigenvalue weighted by Crippen LogP contribution is -2.10. The fourth-order valence-electron chi connectivity index (χ4n) is 7.33. The zero-order valence-corrected chi connectivity index (χ0v) is 26.9. The normalized spacial score (nSPS) is 12.7. The van der Waals surface area contributed by atoms with Gasteiger partial charge in [-0.1, -0.05) is 139 Å². The molecule has 10 rings (SSSR count). The van der Waals surface area contributed by atoms with Gasteiger partial charge in [-0.05, 0) is 97.7 Å². The van der Waals surface area contributed by atoms with Crippen molar-refractivity contribution >= 4 is 71.3 Å². The second kappa shape index (κ2) is 11.5. The second-order valence-corrected chi connectivity index (χ2v) is 12.6. The van der Waals surface area contributed by atoms with Gasteiger partial charge in [0, 0.05) is 22.1 Å². The molecule has 1 aromatic heterocycles. The Kier molecular flexibility index (Phi) is 5.64. The zero-order valence-electron chi connectivity index (χ0n) is 30.9. The summed E-state index contributed by atoms with van der Waals surface area (Å²) in [6, 6.07) is 54.2. The maximum atomic E-state index is 9.93. The lowest BCUT2D eigenvalue weighted by molar-refractivity contribution is 0.672. The average Bonchev–Trinajstić information content (AvgIpc) is 3.61. The van der Waals surface area contributed by atoms with Crippen LogP contribution in [-0.2, 0) is 0 Å². The second-order valence-electron chi connectivity index (χ2n) is 12.6. The van der Waals surface area contributed by atoms with Crippen LogP contribution in [0.2, 0.25) is 0 Å². The van der Waals surface area contributed by atoms with Crippen LogP contribution in [0.3, 0.4) is 0 Å². The van der Waals surface area contributed by atoms with Crippen LogP contribution in [-0.4, -0.2) is 0 Å². The van der Waals surface area contributed by atoms with Crippen molar-refractivity contribution in [3.05, 3.63) is 188 Å². The number of benzene rings is 9. The minimum atomic E-state index is -0.241. The molecule has 0 aliphatic rings. The van der Waals surface area contributed by atoms with Crippen LogP contribution in [0.5, 0.6) is 0 Å². The predicted molar refractivity (Wildman–Crippen MR) is 212 cm³/mol. The van der Waals surface area contributed by atoms with Crippen molar-refractivity contribution in [2.24, 2.45) is 0 Å². The predicted octanol–water partition coefficient (Wildman–Crippen LogP) is 13.8. The highest BCUT2D eigenvalue weighted by molar-refractivity contribution is 6.19. The molecule has 0 saturated carbocycles. The van der Waals surface area contributed by atoms with E-state index in [4.69, 9.17) is 4.42 Å². The molecule has 234 valence electrons. The summed E-state index contributed by atoms with van der Waals surface area (Å²) < 4.78 is 44.4. The van der Waals surface area contributed by atoms with Crippen molar-refractivity contribution in [2.45, 2.75) is 0 Å². The van der Waals surface area contributed by atoms with E-state index in [0.29, 0.717) is 28.1 Å². The average molecular weight is 642 g/mol. The van der Waals surface area contributed by atoms with Gasteiger partial charge in [0.15, 0.2) is 0 Å². The molecule has 0 aliphatic heterocycles. The molecule has 0 N–H and O–H groups in total. The Morgan fingerprint density at radius 2 is 1.16 bits per heavy atom. The number of hydrogen-bond acceptors (Lipinski definition) is 2. The Hall–Kier alpha value is -6.64. The Labute approximate surface area is 295 Å². The largest absolute Gasteiger partial charge is 0.455 e. The Balaban J connectivity index is 1.29. The van der Waals surface area contributed by atoms with E-state index < -0.39 is 0 Å². The van der Waals surface area contributed by atoms with E-state index in [2.05, 4.69) is 66.7 Å². The highest BCUT2D eigenvalue weighted by atomic mass is 16.3. The van der Waals surface area contributed by atoms with Crippen LogP contribution >= 0.6 is 0 Å². The van der Waals surface area contributed by atoms with E-state index in [-0.39, 0.29) is 29.9 Å². The van der Waals surface area contributed by atoms with E-state index >= 15 is 0 Å². The number of fused-ring (bicyclic) bond motifs is 7. The quantitative estimate of drug-likeness (QED) is 0.186. The monoisotopic (exact) mass is 641 g/mol. The molecule has 0 bridgehead atoms. The topological polar surface area (TPSA) is 16.4 Å². The van der Waals surface area contributed by atoms with Crippen molar-refractivity contribution in [2.75, 3.05) is 4.90 Å². The molecule has 0 atom stereocenters. The van der Waals surface area contributed by atoms with Gasteiger partial charge in [-0.15, -0.1) is 0 Å². The molecule has 10 aromatic rings. The van der Waals surface area contributed by atoms with Crippen LogP contribution in [0.1, 0.15) is 5.48 Å². The van der Waals surface area contributed by atoms with Crippen molar-refractivity contribution in [3.63, 3.8) is 0 Å². The van der Waals surface area contributed by atoms with Crippen LogP contribution in [0.15, 0.2) is 192 Å². The molecule has 0 spiro atoms. The fraction of sp³-hybridized carbons (Fsp3) is 0. The van der Waals surface area contributed by atoms with E-state index in [1.165, 1.54) is 0 Å². The van der Waals surface area contributed by atoms with Crippen molar-refractivity contribution < 1.29 is 9.90 Å². The maximum absolute atomic E-state index is 9.93. The van der Waals surface area contributed by atoms with Gasteiger partial charge in [-0.2, -0.15) is 0 Å². The molecule has 0 amide bonds. The molecule has 0 saturated heterocycles. The van der Waals surface area contributed by atoms with Gasteiger partial charge in [0.05, 0.1) is 16.6 Å². The summed E-state index contributed by atoms with van der Waals surface area (Å²) >= 11 is 0. The third-order valence-electron chi connectivity index (χ3n) is 9.69. The summed E-state index contributed by atoms with van der Waals surface area (Å²) in [4.78, 5) is 1.92. The number of anilines is 3. The molecule has 9 aromatic carbocycles. The molecular formula is C48H31NO. The fourth-order valence-corrected chi connectivity index (χ4v) is 7.33. The Bertz CT molecular complexity index is 3120. The van der Waals surface area contributed by atoms with Crippen molar-refractivity contribution in [1.82, 2.24) is 0 Å². The smallest absolute Gasteiger partial charge is 0.143 e. The van der Waals surface area contributed by atoms with Crippen molar-refractivity contribution in [1.29, 1.82) is 0 Å².